The van der Waals surface area contributed by atoms with Crippen LogP contribution < -0.4 is 11.1 Å². The van der Waals surface area contributed by atoms with Gasteiger partial charge in [-0.3, -0.25) is 9.48 Å². The van der Waals surface area contributed by atoms with E-state index in [0.717, 1.165) is 13.0 Å². The van der Waals surface area contributed by atoms with Crippen LogP contribution in [0, 0.1) is 0 Å². The molecule has 19 heavy (non-hydrogen) atoms. The van der Waals surface area contributed by atoms with Crippen molar-refractivity contribution in [2.45, 2.75) is 19.5 Å². The Balaban J connectivity index is 0.00000180. The smallest absolute Gasteiger partial charge is 0.254 e. The molecule has 2 heterocycles. The summed E-state index contributed by atoms with van der Waals surface area (Å²) >= 11 is 0. The number of furan rings is 1. The first-order valence-corrected chi connectivity index (χ1v) is 5.82. The summed E-state index contributed by atoms with van der Waals surface area (Å²) in [5, 5.41) is 6.90. The summed E-state index contributed by atoms with van der Waals surface area (Å²) in [6, 6.07) is 3.53. The molecule has 0 saturated heterocycles. The predicted octanol–water partition coefficient (Wildman–Crippen LogP) is 1.18. The fourth-order valence-electron chi connectivity index (χ4n) is 1.58. The lowest BCUT2D eigenvalue weighted by atomic mass is 10.3. The SMILES string of the molecule is Cl.NCc1cc(C(=O)NCCCn2cccn2)co1. The molecular weight excluding hydrogens is 268 g/mol. The van der Waals surface area contributed by atoms with Gasteiger partial charge in [-0.05, 0) is 18.6 Å². The van der Waals surface area contributed by atoms with E-state index in [9.17, 15) is 4.79 Å². The fraction of sp³-hybridized carbons (Fsp3) is 0.333. The molecule has 0 aliphatic carbocycles. The number of nitrogens with one attached hydrogen (secondary N) is 1. The Morgan fingerprint density at radius 3 is 3.00 bits per heavy atom. The number of carbonyl (C=O) groups excluding carboxylic acids is 1. The highest BCUT2D eigenvalue weighted by atomic mass is 35.5. The van der Waals surface area contributed by atoms with Crippen molar-refractivity contribution in [3.63, 3.8) is 0 Å². The molecule has 7 heteroatoms. The van der Waals surface area contributed by atoms with Crippen molar-refractivity contribution in [2.24, 2.45) is 5.73 Å². The first kappa shape index (κ1) is 15.3. The average Bonchev–Trinajstić information content (AvgIpc) is 3.05. The van der Waals surface area contributed by atoms with Crippen LogP contribution >= 0.6 is 12.4 Å². The van der Waals surface area contributed by atoms with Crippen molar-refractivity contribution >= 4 is 18.3 Å². The zero-order valence-electron chi connectivity index (χ0n) is 10.4. The van der Waals surface area contributed by atoms with Crippen molar-refractivity contribution < 1.29 is 9.21 Å². The zero-order valence-corrected chi connectivity index (χ0v) is 11.2. The summed E-state index contributed by atoms with van der Waals surface area (Å²) < 4.78 is 6.93. The van der Waals surface area contributed by atoms with E-state index >= 15 is 0 Å². The highest BCUT2D eigenvalue weighted by molar-refractivity contribution is 5.93. The highest BCUT2D eigenvalue weighted by Crippen LogP contribution is 2.06. The van der Waals surface area contributed by atoms with Crippen LogP contribution in [0.2, 0.25) is 0 Å². The lowest BCUT2D eigenvalue weighted by Crippen LogP contribution is -2.24. The fourth-order valence-corrected chi connectivity index (χ4v) is 1.58. The van der Waals surface area contributed by atoms with Crippen LogP contribution in [0.5, 0.6) is 0 Å². The number of amides is 1. The molecule has 104 valence electrons. The Bertz CT molecular complexity index is 496. The van der Waals surface area contributed by atoms with Crippen molar-refractivity contribution in [3.8, 4) is 0 Å². The molecule has 6 nitrogen and oxygen atoms in total. The third-order valence-electron chi connectivity index (χ3n) is 2.53. The van der Waals surface area contributed by atoms with E-state index in [0.29, 0.717) is 24.4 Å². The van der Waals surface area contributed by atoms with E-state index in [1.807, 2.05) is 16.9 Å². The van der Waals surface area contributed by atoms with E-state index in [1.54, 1.807) is 12.3 Å². The van der Waals surface area contributed by atoms with E-state index in [1.165, 1.54) is 6.26 Å². The van der Waals surface area contributed by atoms with Gasteiger partial charge in [-0.15, -0.1) is 12.4 Å². The summed E-state index contributed by atoms with van der Waals surface area (Å²) in [7, 11) is 0. The summed E-state index contributed by atoms with van der Waals surface area (Å²) in [5.74, 6) is 0.468. The second-order valence-electron chi connectivity index (χ2n) is 3.88. The number of hydrogen-bond donors (Lipinski definition) is 2. The first-order valence-electron chi connectivity index (χ1n) is 5.82. The molecule has 0 unspecified atom stereocenters. The minimum absolute atomic E-state index is 0. The normalized spacial score (nSPS) is 9.95. The third-order valence-corrected chi connectivity index (χ3v) is 2.53. The minimum Gasteiger partial charge on any atom is -0.467 e. The molecule has 0 atom stereocenters. The lowest BCUT2D eigenvalue weighted by molar-refractivity contribution is 0.0952. The van der Waals surface area contributed by atoms with Crippen molar-refractivity contribution in [1.29, 1.82) is 0 Å². The molecule has 1 amide bonds. The summed E-state index contributed by atoms with van der Waals surface area (Å²) in [6.07, 6.45) is 5.88. The Kier molecular flexibility index (Phi) is 6.11. The molecule has 3 N–H and O–H groups in total. The molecule has 2 aromatic rings. The largest absolute Gasteiger partial charge is 0.467 e. The molecule has 0 aliphatic rings. The Morgan fingerprint density at radius 1 is 1.53 bits per heavy atom. The third kappa shape index (κ3) is 4.42. The molecule has 0 spiro atoms. The van der Waals surface area contributed by atoms with Crippen molar-refractivity contribution in [3.05, 3.63) is 42.1 Å². The van der Waals surface area contributed by atoms with Crippen molar-refractivity contribution in [1.82, 2.24) is 15.1 Å². The van der Waals surface area contributed by atoms with Crippen LogP contribution in [0.1, 0.15) is 22.5 Å². The van der Waals surface area contributed by atoms with Gasteiger partial charge in [-0.2, -0.15) is 5.10 Å². The second-order valence-corrected chi connectivity index (χ2v) is 3.88. The molecule has 2 aromatic heterocycles. The number of halogens is 1. The van der Waals surface area contributed by atoms with Crippen LogP contribution in [0.15, 0.2) is 35.2 Å². The molecule has 0 bridgehead atoms. The standard InChI is InChI=1S/C12H16N4O2.ClH/c13-8-11-7-10(9-18-11)12(17)14-3-1-5-16-6-2-4-15-16;/h2,4,6-7,9H,1,3,5,8,13H2,(H,14,17);1H. The van der Waals surface area contributed by atoms with Gasteiger partial charge < -0.3 is 15.5 Å². The van der Waals surface area contributed by atoms with Gasteiger partial charge in [0.2, 0.25) is 0 Å². The van der Waals surface area contributed by atoms with E-state index in [-0.39, 0.29) is 18.3 Å². The Hall–Kier alpha value is -1.79. The van der Waals surface area contributed by atoms with Gasteiger partial charge in [0, 0.05) is 25.5 Å². The quantitative estimate of drug-likeness (QED) is 0.780. The second kappa shape index (κ2) is 7.60. The lowest BCUT2D eigenvalue weighted by Gasteiger charge is -2.03. The average molecular weight is 285 g/mol. The number of aromatic nitrogens is 2. The molecule has 0 aromatic carbocycles. The van der Waals surface area contributed by atoms with Gasteiger partial charge >= 0.3 is 0 Å². The van der Waals surface area contributed by atoms with Crippen LogP contribution in [0.4, 0.5) is 0 Å². The Labute approximate surface area is 117 Å². The van der Waals surface area contributed by atoms with Crippen LogP contribution in [-0.4, -0.2) is 22.2 Å². The molecular formula is C12H17ClN4O2. The molecule has 0 aliphatic heterocycles. The number of carbonyl (C=O) groups is 1. The number of hydrogen-bond acceptors (Lipinski definition) is 4. The Morgan fingerprint density at radius 2 is 2.37 bits per heavy atom. The van der Waals surface area contributed by atoms with Crippen LogP contribution in [0.3, 0.4) is 0 Å². The van der Waals surface area contributed by atoms with Gasteiger partial charge in [0.15, 0.2) is 0 Å². The van der Waals surface area contributed by atoms with Crippen molar-refractivity contribution in [2.75, 3.05) is 6.54 Å². The maximum absolute atomic E-state index is 11.7. The molecule has 2 rings (SSSR count). The number of nitrogens with two attached hydrogens (primary N) is 1. The van der Waals surface area contributed by atoms with Gasteiger partial charge in [0.1, 0.15) is 12.0 Å². The van der Waals surface area contributed by atoms with Gasteiger partial charge in [0.05, 0.1) is 12.1 Å². The van der Waals surface area contributed by atoms with Gasteiger partial charge in [0.25, 0.3) is 5.91 Å². The van der Waals surface area contributed by atoms with E-state index < -0.39 is 0 Å². The molecule has 0 fully saturated rings. The summed E-state index contributed by atoms with van der Waals surface area (Å²) in [4.78, 5) is 11.7. The molecule has 0 saturated carbocycles. The highest BCUT2D eigenvalue weighted by Gasteiger charge is 2.08. The zero-order chi connectivity index (χ0) is 12.8. The van der Waals surface area contributed by atoms with E-state index in [4.69, 9.17) is 10.2 Å². The monoisotopic (exact) mass is 284 g/mol. The minimum atomic E-state index is -0.140. The summed E-state index contributed by atoms with van der Waals surface area (Å²) in [5.41, 5.74) is 5.91. The van der Waals surface area contributed by atoms with Gasteiger partial charge in [-0.1, -0.05) is 0 Å². The number of aryl methyl sites for hydroxylation is 1. The van der Waals surface area contributed by atoms with Gasteiger partial charge in [-0.25, -0.2) is 0 Å². The maximum Gasteiger partial charge on any atom is 0.254 e. The van der Waals surface area contributed by atoms with Crippen LogP contribution in [0.25, 0.3) is 0 Å². The van der Waals surface area contributed by atoms with E-state index in [2.05, 4.69) is 10.4 Å². The molecule has 0 radical (unpaired) electrons. The summed E-state index contributed by atoms with van der Waals surface area (Å²) in [6.45, 7) is 1.68. The first-order chi connectivity index (χ1) is 8.79. The van der Waals surface area contributed by atoms with Crippen LogP contribution in [-0.2, 0) is 13.1 Å². The number of nitrogens with zero attached hydrogens (tertiary/aromatic N) is 2. The topological polar surface area (TPSA) is 86.1 Å². The predicted molar refractivity (Wildman–Crippen MR) is 73.0 cm³/mol. The number of rotatable bonds is 6. The maximum atomic E-state index is 11.7.